The van der Waals surface area contributed by atoms with Crippen LogP contribution >= 0.6 is 46.4 Å². The van der Waals surface area contributed by atoms with Crippen molar-refractivity contribution in [2.24, 2.45) is 0 Å². The highest BCUT2D eigenvalue weighted by Gasteiger charge is 2.17. The van der Waals surface area contributed by atoms with Crippen LogP contribution in [0.2, 0.25) is 20.1 Å². The van der Waals surface area contributed by atoms with E-state index in [0.717, 1.165) is 5.56 Å². The van der Waals surface area contributed by atoms with Crippen LogP contribution in [-0.2, 0) is 16.4 Å². The van der Waals surface area contributed by atoms with E-state index in [0.29, 0.717) is 21.5 Å². The van der Waals surface area contributed by atoms with Gasteiger partial charge in [-0.05, 0) is 42.3 Å². The highest BCUT2D eigenvalue weighted by Crippen LogP contribution is 2.25. The molecule has 0 spiro atoms. The zero-order valence-corrected chi connectivity index (χ0v) is 15.0. The zero-order chi connectivity index (χ0) is 16.3. The van der Waals surface area contributed by atoms with Crippen molar-refractivity contribution in [1.29, 1.82) is 0 Å². The SMILES string of the molecule is O=S(=O)(NCCc1ccc(Cl)c(Cl)c1)c1cc(Cl)ccc1Cl. The number of rotatable bonds is 5. The molecule has 0 atom stereocenters. The second-order valence-corrected chi connectivity index (χ2v) is 7.86. The molecule has 0 radical (unpaired) electrons. The van der Waals surface area contributed by atoms with Crippen LogP contribution in [0.5, 0.6) is 0 Å². The molecule has 8 heteroatoms. The Morgan fingerprint density at radius 2 is 1.55 bits per heavy atom. The predicted octanol–water partition coefficient (Wildman–Crippen LogP) is 4.82. The quantitative estimate of drug-likeness (QED) is 0.784. The molecule has 0 unspecified atom stereocenters. The fourth-order valence-corrected chi connectivity index (χ4v) is 3.90. The van der Waals surface area contributed by atoms with Crippen molar-refractivity contribution in [2.75, 3.05) is 6.54 Å². The van der Waals surface area contributed by atoms with E-state index in [-0.39, 0.29) is 16.5 Å². The molecule has 0 aliphatic heterocycles. The van der Waals surface area contributed by atoms with E-state index in [4.69, 9.17) is 46.4 Å². The largest absolute Gasteiger partial charge is 0.242 e. The highest BCUT2D eigenvalue weighted by molar-refractivity contribution is 7.89. The Labute approximate surface area is 149 Å². The Kier molecular flexibility index (Phi) is 6.00. The number of nitrogens with one attached hydrogen (secondary N) is 1. The molecule has 3 nitrogen and oxygen atoms in total. The Morgan fingerprint density at radius 1 is 0.864 bits per heavy atom. The van der Waals surface area contributed by atoms with E-state index in [1.165, 1.54) is 18.2 Å². The van der Waals surface area contributed by atoms with Crippen molar-refractivity contribution in [1.82, 2.24) is 4.72 Å². The smallest absolute Gasteiger partial charge is 0.211 e. The van der Waals surface area contributed by atoms with Gasteiger partial charge in [0.1, 0.15) is 4.90 Å². The lowest BCUT2D eigenvalue weighted by molar-refractivity contribution is 0.581. The minimum atomic E-state index is -3.73. The van der Waals surface area contributed by atoms with Gasteiger partial charge in [-0.3, -0.25) is 0 Å². The third kappa shape index (κ3) is 4.51. The van der Waals surface area contributed by atoms with Gasteiger partial charge in [0, 0.05) is 11.6 Å². The summed E-state index contributed by atoms with van der Waals surface area (Å²) in [6, 6.07) is 9.43. The van der Waals surface area contributed by atoms with Crippen LogP contribution in [0.25, 0.3) is 0 Å². The van der Waals surface area contributed by atoms with E-state index >= 15 is 0 Å². The lowest BCUT2D eigenvalue weighted by atomic mass is 10.1. The predicted molar refractivity (Wildman–Crippen MR) is 91.8 cm³/mol. The van der Waals surface area contributed by atoms with Gasteiger partial charge in [0.25, 0.3) is 0 Å². The Hall–Kier alpha value is -0.490. The Balaban J connectivity index is 2.06. The van der Waals surface area contributed by atoms with Gasteiger partial charge in [0.15, 0.2) is 0 Å². The summed E-state index contributed by atoms with van der Waals surface area (Å²) in [5.74, 6) is 0. The van der Waals surface area contributed by atoms with Crippen molar-refractivity contribution in [3.8, 4) is 0 Å². The summed E-state index contributed by atoms with van der Waals surface area (Å²) in [5, 5.41) is 1.30. The van der Waals surface area contributed by atoms with Gasteiger partial charge in [-0.15, -0.1) is 0 Å². The van der Waals surface area contributed by atoms with E-state index in [2.05, 4.69) is 4.72 Å². The van der Waals surface area contributed by atoms with Gasteiger partial charge >= 0.3 is 0 Å². The van der Waals surface area contributed by atoms with Crippen molar-refractivity contribution >= 4 is 56.4 Å². The molecule has 0 saturated heterocycles. The van der Waals surface area contributed by atoms with Crippen LogP contribution in [0.1, 0.15) is 5.56 Å². The third-order valence-electron chi connectivity index (χ3n) is 2.87. The molecule has 2 aromatic carbocycles. The average Bonchev–Trinajstić information content (AvgIpc) is 2.45. The third-order valence-corrected chi connectivity index (χ3v) is 5.79. The molecular formula is C14H11Cl4NO2S. The van der Waals surface area contributed by atoms with E-state index in [9.17, 15) is 8.42 Å². The van der Waals surface area contributed by atoms with Gasteiger partial charge < -0.3 is 0 Å². The Morgan fingerprint density at radius 3 is 2.23 bits per heavy atom. The fourth-order valence-electron chi connectivity index (χ4n) is 1.79. The van der Waals surface area contributed by atoms with E-state index in [1.807, 2.05) is 0 Å². The number of benzene rings is 2. The first-order valence-electron chi connectivity index (χ1n) is 6.18. The van der Waals surface area contributed by atoms with Crippen LogP contribution < -0.4 is 4.72 Å². The van der Waals surface area contributed by atoms with Gasteiger partial charge in [-0.2, -0.15) is 0 Å². The van der Waals surface area contributed by atoms with Crippen LogP contribution in [0.3, 0.4) is 0 Å². The normalized spacial score (nSPS) is 11.6. The molecule has 0 aliphatic rings. The molecular weight excluding hydrogens is 388 g/mol. The lowest BCUT2D eigenvalue weighted by Gasteiger charge is -2.09. The highest BCUT2D eigenvalue weighted by atomic mass is 35.5. The molecule has 0 heterocycles. The average molecular weight is 399 g/mol. The molecule has 0 saturated carbocycles. The fraction of sp³-hybridized carbons (Fsp3) is 0.143. The van der Waals surface area contributed by atoms with Crippen molar-refractivity contribution in [2.45, 2.75) is 11.3 Å². The molecule has 2 aromatic rings. The van der Waals surface area contributed by atoms with Crippen LogP contribution in [0, 0.1) is 0 Å². The topological polar surface area (TPSA) is 46.2 Å². The van der Waals surface area contributed by atoms with Crippen molar-refractivity contribution in [3.63, 3.8) is 0 Å². The minimum absolute atomic E-state index is 0.0456. The molecule has 0 fully saturated rings. The maximum Gasteiger partial charge on any atom is 0.242 e. The van der Waals surface area contributed by atoms with Crippen molar-refractivity contribution < 1.29 is 8.42 Å². The standard InChI is InChI=1S/C14H11Cl4NO2S/c15-10-2-4-12(17)14(8-10)22(20,21)19-6-5-9-1-3-11(16)13(18)7-9/h1-4,7-8,19H,5-6H2. The summed E-state index contributed by atoms with van der Waals surface area (Å²) >= 11 is 23.5. The Bertz CT molecular complexity index is 793. The first kappa shape index (κ1) is 17.9. The monoisotopic (exact) mass is 397 g/mol. The van der Waals surface area contributed by atoms with Gasteiger partial charge in [0.05, 0.1) is 15.1 Å². The van der Waals surface area contributed by atoms with E-state index in [1.54, 1.807) is 18.2 Å². The number of hydrogen-bond acceptors (Lipinski definition) is 2. The van der Waals surface area contributed by atoms with Crippen molar-refractivity contribution in [3.05, 3.63) is 62.1 Å². The van der Waals surface area contributed by atoms with Crippen LogP contribution in [0.4, 0.5) is 0 Å². The molecule has 2 rings (SSSR count). The second-order valence-electron chi connectivity index (χ2n) is 4.47. The summed E-state index contributed by atoms with van der Waals surface area (Å²) in [6.45, 7) is 0.198. The number of hydrogen-bond donors (Lipinski definition) is 1. The molecule has 0 amide bonds. The van der Waals surface area contributed by atoms with Crippen LogP contribution in [-0.4, -0.2) is 15.0 Å². The molecule has 1 N–H and O–H groups in total. The van der Waals surface area contributed by atoms with Gasteiger partial charge in [-0.25, -0.2) is 13.1 Å². The molecule has 0 bridgehead atoms. The number of halogens is 4. The first-order valence-corrected chi connectivity index (χ1v) is 9.18. The summed E-state index contributed by atoms with van der Waals surface area (Å²) in [5.41, 5.74) is 0.870. The molecule has 0 aromatic heterocycles. The number of sulfonamides is 1. The molecule has 0 aliphatic carbocycles. The first-order chi connectivity index (χ1) is 10.3. The molecule has 22 heavy (non-hydrogen) atoms. The minimum Gasteiger partial charge on any atom is -0.211 e. The second kappa shape index (κ2) is 7.39. The summed E-state index contributed by atoms with van der Waals surface area (Å²) < 4.78 is 26.9. The maximum atomic E-state index is 12.2. The summed E-state index contributed by atoms with van der Waals surface area (Å²) in [7, 11) is -3.73. The zero-order valence-electron chi connectivity index (χ0n) is 11.1. The maximum absolute atomic E-state index is 12.2. The molecule has 118 valence electrons. The van der Waals surface area contributed by atoms with Gasteiger partial charge in [-0.1, -0.05) is 52.5 Å². The van der Waals surface area contributed by atoms with E-state index < -0.39 is 10.0 Å². The lowest BCUT2D eigenvalue weighted by Crippen LogP contribution is -2.26. The summed E-state index contributed by atoms with van der Waals surface area (Å²) in [4.78, 5) is -0.0456. The van der Waals surface area contributed by atoms with Gasteiger partial charge in [0.2, 0.25) is 10.0 Å². The summed E-state index contributed by atoms with van der Waals surface area (Å²) in [6.07, 6.45) is 0.467. The van der Waals surface area contributed by atoms with Crippen LogP contribution in [0.15, 0.2) is 41.3 Å².